The lowest BCUT2D eigenvalue weighted by Gasteiger charge is -2.15. The Morgan fingerprint density at radius 1 is 1.29 bits per heavy atom. The van der Waals surface area contributed by atoms with E-state index in [1.165, 1.54) is 0 Å². The number of carbonyl (C=O) groups is 2. The maximum atomic E-state index is 11.2. The van der Waals surface area contributed by atoms with Crippen LogP contribution in [0.2, 0.25) is 0 Å². The van der Waals surface area contributed by atoms with Crippen molar-refractivity contribution in [1.29, 1.82) is 0 Å². The lowest BCUT2D eigenvalue weighted by molar-refractivity contribution is -0.139. The summed E-state index contributed by atoms with van der Waals surface area (Å²) in [5.41, 5.74) is 1.04. The number of aromatic nitrogens is 1. The molecule has 1 aromatic carbocycles. The van der Waals surface area contributed by atoms with Crippen LogP contribution in [0, 0.1) is 6.92 Å². The first kappa shape index (κ1) is 14.8. The molecule has 1 atom stereocenters. The Morgan fingerprint density at radius 3 is 2.71 bits per heavy atom. The van der Waals surface area contributed by atoms with Crippen molar-refractivity contribution in [3.8, 4) is 0 Å². The molecule has 3 N–H and O–H groups in total. The summed E-state index contributed by atoms with van der Waals surface area (Å²) in [5.74, 6) is -1.67. The standard InChI is InChI=1S/C15H16N2O4/c1-9-2-3-10-6-7-16-14(11(10)8-9)17-12(15(20)21)4-5-13(18)19/h2-3,6-8,12H,4-5H2,1H3,(H,16,17)(H,18,19)(H,20,21). The highest BCUT2D eigenvalue weighted by Crippen LogP contribution is 2.23. The van der Waals surface area contributed by atoms with Gasteiger partial charge in [-0.15, -0.1) is 0 Å². The van der Waals surface area contributed by atoms with Crippen LogP contribution in [0.3, 0.4) is 0 Å². The number of carboxylic acids is 2. The van der Waals surface area contributed by atoms with Crippen LogP contribution in [-0.2, 0) is 9.59 Å². The molecular formula is C15H16N2O4. The van der Waals surface area contributed by atoms with E-state index in [1.54, 1.807) is 6.20 Å². The zero-order chi connectivity index (χ0) is 15.4. The Hall–Kier alpha value is -2.63. The third-order valence-corrected chi connectivity index (χ3v) is 3.18. The van der Waals surface area contributed by atoms with Gasteiger partial charge in [0.25, 0.3) is 0 Å². The summed E-state index contributed by atoms with van der Waals surface area (Å²) in [4.78, 5) is 26.0. The number of aryl methyl sites for hydroxylation is 1. The molecule has 6 heteroatoms. The van der Waals surface area contributed by atoms with E-state index in [-0.39, 0.29) is 12.8 Å². The minimum Gasteiger partial charge on any atom is -0.481 e. The molecule has 0 aliphatic rings. The van der Waals surface area contributed by atoms with E-state index >= 15 is 0 Å². The number of nitrogens with one attached hydrogen (secondary N) is 1. The number of hydrogen-bond acceptors (Lipinski definition) is 4. The number of anilines is 1. The average Bonchev–Trinajstić information content (AvgIpc) is 2.43. The largest absolute Gasteiger partial charge is 0.481 e. The minimum absolute atomic E-state index is 0.00541. The Bertz CT molecular complexity index is 684. The number of carboxylic acid groups (broad SMARTS) is 2. The zero-order valence-corrected chi connectivity index (χ0v) is 11.5. The quantitative estimate of drug-likeness (QED) is 0.754. The lowest BCUT2D eigenvalue weighted by atomic mass is 10.1. The highest BCUT2D eigenvalue weighted by Gasteiger charge is 2.19. The van der Waals surface area contributed by atoms with Gasteiger partial charge in [-0.3, -0.25) is 4.79 Å². The second-order valence-electron chi connectivity index (χ2n) is 4.85. The van der Waals surface area contributed by atoms with Crippen LogP contribution in [0.5, 0.6) is 0 Å². The fraction of sp³-hybridized carbons (Fsp3) is 0.267. The van der Waals surface area contributed by atoms with Crippen LogP contribution in [0.15, 0.2) is 30.5 Å². The van der Waals surface area contributed by atoms with Crippen molar-refractivity contribution in [3.05, 3.63) is 36.0 Å². The SMILES string of the molecule is Cc1ccc2ccnc(NC(CCC(=O)O)C(=O)O)c2c1. The molecule has 2 rings (SSSR count). The fourth-order valence-corrected chi connectivity index (χ4v) is 2.09. The number of rotatable bonds is 6. The summed E-state index contributed by atoms with van der Waals surface area (Å²) in [5, 5.41) is 22.5. The summed E-state index contributed by atoms with van der Waals surface area (Å²) in [7, 11) is 0. The van der Waals surface area contributed by atoms with Gasteiger partial charge in [-0.25, -0.2) is 9.78 Å². The molecule has 0 aliphatic heterocycles. The van der Waals surface area contributed by atoms with Gasteiger partial charge in [0.05, 0.1) is 0 Å². The molecule has 1 unspecified atom stereocenters. The summed E-state index contributed by atoms with van der Waals surface area (Å²) >= 11 is 0. The van der Waals surface area contributed by atoms with E-state index in [0.717, 1.165) is 16.3 Å². The van der Waals surface area contributed by atoms with Gasteiger partial charge in [-0.2, -0.15) is 0 Å². The smallest absolute Gasteiger partial charge is 0.326 e. The molecular weight excluding hydrogens is 272 g/mol. The molecule has 110 valence electrons. The van der Waals surface area contributed by atoms with Crippen LogP contribution < -0.4 is 5.32 Å². The van der Waals surface area contributed by atoms with Crippen LogP contribution in [0.4, 0.5) is 5.82 Å². The Labute approximate surface area is 121 Å². The van der Waals surface area contributed by atoms with E-state index in [0.29, 0.717) is 5.82 Å². The molecule has 1 heterocycles. The molecule has 0 aliphatic carbocycles. The van der Waals surface area contributed by atoms with Gasteiger partial charge in [0.2, 0.25) is 0 Å². The molecule has 0 spiro atoms. The minimum atomic E-state index is -1.09. The van der Waals surface area contributed by atoms with Crippen LogP contribution in [-0.4, -0.2) is 33.2 Å². The Kier molecular flexibility index (Phi) is 4.37. The van der Waals surface area contributed by atoms with E-state index in [9.17, 15) is 14.7 Å². The number of fused-ring (bicyclic) bond motifs is 1. The summed E-state index contributed by atoms with van der Waals surface area (Å²) < 4.78 is 0. The van der Waals surface area contributed by atoms with Gasteiger partial charge in [-0.1, -0.05) is 17.7 Å². The van der Waals surface area contributed by atoms with Gasteiger partial charge in [0.15, 0.2) is 0 Å². The lowest BCUT2D eigenvalue weighted by Crippen LogP contribution is -2.30. The van der Waals surface area contributed by atoms with Crippen molar-refractivity contribution in [3.63, 3.8) is 0 Å². The molecule has 21 heavy (non-hydrogen) atoms. The molecule has 0 radical (unpaired) electrons. The Morgan fingerprint density at radius 2 is 2.05 bits per heavy atom. The van der Waals surface area contributed by atoms with Crippen LogP contribution >= 0.6 is 0 Å². The number of aliphatic carboxylic acids is 2. The summed E-state index contributed by atoms with van der Waals surface area (Å²) in [6, 6.07) is 6.67. The molecule has 0 bridgehead atoms. The monoisotopic (exact) mass is 288 g/mol. The molecule has 6 nitrogen and oxygen atoms in total. The van der Waals surface area contributed by atoms with Gasteiger partial charge < -0.3 is 15.5 Å². The van der Waals surface area contributed by atoms with Crippen molar-refractivity contribution in [1.82, 2.24) is 4.98 Å². The van der Waals surface area contributed by atoms with Crippen molar-refractivity contribution in [2.45, 2.75) is 25.8 Å². The van der Waals surface area contributed by atoms with Crippen molar-refractivity contribution in [2.75, 3.05) is 5.32 Å². The highest BCUT2D eigenvalue weighted by atomic mass is 16.4. The van der Waals surface area contributed by atoms with E-state index in [1.807, 2.05) is 31.2 Å². The highest BCUT2D eigenvalue weighted by molar-refractivity contribution is 5.93. The van der Waals surface area contributed by atoms with Crippen molar-refractivity contribution < 1.29 is 19.8 Å². The number of nitrogens with zero attached hydrogens (tertiary/aromatic N) is 1. The van der Waals surface area contributed by atoms with Gasteiger partial charge in [0, 0.05) is 18.0 Å². The molecule has 0 amide bonds. The number of hydrogen-bond donors (Lipinski definition) is 3. The molecule has 1 aromatic heterocycles. The van der Waals surface area contributed by atoms with Crippen LogP contribution in [0.1, 0.15) is 18.4 Å². The molecule has 0 saturated heterocycles. The number of pyridine rings is 1. The summed E-state index contributed by atoms with van der Waals surface area (Å²) in [6.45, 7) is 1.94. The molecule has 0 saturated carbocycles. The summed E-state index contributed by atoms with van der Waals surface area (Å²) in [6.07, 6.45) is 1.37. The van der Waals surface area contributed by atoms with E-state index in [4.69, 9.17) is 5.11 Å². The normalized spacial score (nSPS) is 12.0. The van der Waals surface area contributed by atoms with Crippen LogP contribution in [0.25, 0.3) is 10.8 Å². The van der Waals surface area contributed by atoms with Gasteiger partial charge in [0.1, 0.15) is 11.9 Å². The topological polar surface area (TPSA) is 99.5 Å². The average molecular weight is 288 g/mol. The first-order valence-corrected chi connectivity index (χ1v) is 6.54. The van der Waals surface area contributed by atoms with E-state index < -0.39 is 18.0 Å². The predicted octanol–water partition coefficient (Wildman–Crippen LogP) is 2.27. The van der Waals surface area contributed by atoms with Crippen molar-refractivity contribution in [2.24, 2.45) is 0 Å². The first-order valence-electron chi connectivity index (χ1n) is 6.54. The van der Waals surface area contributed by atoms with Gasteiger partial charge >= 0.3 is 11.9 Å². The molecule has 2 aromatic rings. The second kappa shape index (κ2) is 6.21. The zero-order valence-electron chi connectivity index (χ0n) is 11.5. The van der Waals surface area contributed by atoms with E-state index in [2.05, 4.69) is 10.3 Å². The Balaban J connectivity index is 2.30. The maximum absolute atomic E-state index is 11.2. The van der Waals surface area contributed by atoms with Gasteiger partial charge in [-0.05, 0) is 30.9 Å². The van der Waals surface area contributed by atoms with Crippen molar-refractivity contribution >= 4 is 28.5 Å². The molecule has 0 fully saturated rings. The number of benzene rings is 1. The first-order chi connectivity index (χ1) is 9.97. The third kappa shape index (κ3) is 3.68. The predicted molar refractivity (Wildman–Crippen MR) is 78.4 cm³/mol. The maximum Gasteiger partial charge on any atom is 0.326 e. The second-order valence-corrected chi connectivity index (χ2v) is 4.85. The third-order valence-electron chi connectivity index (χ3n) is 3.18. The fourth-order valence-electron chi connectivity index (χ4n) is 2.09.